The quantitative estimate of drug-likeness (QED) is 0.687. The molecule has 1 aliphatic heterocycles. The molecule has 4 rings (SSSR count). The summed E-state index contributed by atoms with van der Waals surface area (Å²) in [5.41, 5.74) is 3.23. The normalized spacial score (nSPS) is 13.2. The largest absolute Gasteiger partial charge is 0.328 e. The van der Waals surface area contributed by atoms with Crippen LogP contribution in [0.2, 0.25) is 0 Å². The van der Waals surface area contributed by atoms with Crippen LogP contribution < -0.4 is 0 Å². The lowest BCUT2D eigenvalue weighted by Crippen LogP contribution is -2.25. The Morgan fingerprint density at radius 2 is 2.18 bits per heavy atom. The van der Waals surface area contributed by atoms with E-state index in [1.54, 1.807) is 23.2 Å². The van der Waals surface area contributed by atoms with Gasteiger partial charge in [0.05, 0.1) is 17.9 Å². The molecule has 2 aromatic heterocycles. The van der Waals surface area contributed by atoms with Crippen LogP contribution in [0.25, 0.3) is 5.69 Å². The van der Waals surface area contributed by atoms with Gasteiger partial charge in [-0.1, -0.05) is 6.07 Å². The second kappa shape index (κ2) is 4.99. The maximum Gasteiger partial charge on any atom is 0.254 e. The van der Waals surface area contributed by atoms with Crippen LogP contribution in [0.5, 0.6) is 0 Å². The van der Waals surface area contributed by atoms with Crippen molar-refractivity contribution in [2.45, 2.75) is 13.1 Å². The van der Waals surface area contributed by atoms with E-state index in [1.807, 2.05) is 12.1 Å². The van der Waals surface area contributed by atoms with Gasteiger partial charge in [-0.05, 0) is 28.6 Å². The van der Waals surface area contributed by atoms with Gasteiger partial charge in [-0.3, -0.25) is 4.79 Å². The highest BCUT2D eigenvalue weighted by atomic mass is 16.2. The number of tetrazole rings is 1. The van der Waals surface area contributed by atoms with Crippen LogP contribution in [0.1, 0.15) is 21.6 Å². The second-order valence-corrected chi connectivity index (χ2v) is 4.96. The van der Waals surface area contributed by atoms with Crippen LogP contribution in [0, 0.1) is 0 Å². The molecule has 1 amide bonds. The van der Waals surface area contributed by atoms with Gasteiger partial charge < -0.3 is 4.90 Å². The number of amides is 1. The van der Waals surface area contributed by atoms with Crippen LogP contribution >= 0.6 is 0 Å². The number of benzene rings is 1. The summed E-state index contributed by atoms with van der Waals surface area (Å²) in [5.74, 6) is -0.0482. The van der Waals surface area contributed by atoms with Gasteiger partial charge in [0.15, 0.2) is 0 Å². The standard InChI is InChI=1S/C14H11N7O/c22-14(20-6-11-5-15-8-16-13(11)7-20)10-2-1-3-12(4-10)21-9-17-18-19-21/h1-5,8-9H,6-7H2. The van der Waals surface area contributed by atoms with Gasteiger partial charge in [-0.15, -0.1) is 5.10 Å². The van der Waals surface area contributed by atoms with E-state index in [2.05, 4.69) is 25.5 Å². The maximum atomic E-state index is 12.7. The van der Waals surface area contributed by atoms with Gasteiger partial charge in [-0.2, -0.15) is 0 Å². The van der Waals surface area contributed by atoms with Crippen LogP contribution in [-0.4, -0.2) is 41.0 Å². The average molecular weight is 293 g/mol. The molecule has 0 N–H and O–H groups in total. The summed E-state index contributed by atoms with van der Waals surface area (Å²) in [4.78, 5) is 22.6. The van der Waals surface area contributed by atoms with Crippen LogP contribution in [0.4, 0.5) is 0 Å². The molecule has 0 aliphatic carbocycles. The van der Waals surface area contributed by atoms with Crippen LogP contribution in [0.15, 0.2) is 43.1 Å². The van der Waals surface area contributed by atoms with E-state index < -0.39 is 0 Å². The number of carbonyl (C=O) groups is 1. The number of rotatable bonds is 2. The fraction of sp³-hybridized carbons (Fsp3) is 0.143. The van der Waals surface area contributed by atoms with E-state index in [0.717, 1.165) is 16.9 Å². The van der Waals surface area contributed by atoms with Gasteiger partial charge in [-0.25, -0.2) is 14.6 Å². The highest BCUT2D eigenvalue weighted by Crippen LogP contribution is 2.22. The summed E-state index contributed by atoms with van der Waals surface area (Å²) in [7, 11) is 0. The van der Waals surface area contributed by atoms with E-state index >= 15 is 0 Å². The van der Waals surface area contributed by atoms with Crippen LogP contribution in [-0.2, 0) is 13.1 Å². The Kier molecular flexibility index (Phi) is 2.85. The number of hydrogen-bond donors (Lipinski definition) is 0. The average Bonchev–Trinajstić information content (AvgIpc) is 3.23. The highest BCUT2D eigenvalue weighted by molar-refractivity contribution is 5.95. The Morgan fingerprint density at radius 3 is 3.00 bits per heavy atom. The van der Waals surface area contributed by atoms with E-state index in [-0.39, 0.29) is 5.91 Å². The Balaban J connectivity index is 1.61. The zero-order chi connectivity index (χ0) is 14.9. The lowest BCUT2D eigenvalue weighted by atomic mass is 10.2. The number of carbonyl (C=O) groups excluding carboxylic acids is 1. The van der Waals surface area contributed by atoms with E-state index in [1.165, 1.54) is 17.3 Å². The maximum absolute atomic E-state index is 12.7. The predicted molar refractivity (Wildman–Crippen MR) is 74.8 cm³/mol. The van der Waals surface area contributed by atoms with Crippen molar-refractivity contribution in [2.75, 3.05) is 0 Å². The highest BCUT2D eigenvalue weighted by Gasteiger charge is 2.25. The monoisotopic (exact) mass is 293 g/mol. The molecule has 22 heavy (non-hydrogen) atoms. The summed E-state index contributed by atoms with van der Waals surface area (Å²) in [6, 6.07) is 7.21. The molecule has 8 nitrogen and oxygen atoms in total. The number of hydrogen-bond acceptors (Lipinski definition) is 6. The third-order valence-corrected chi connectivity index (χ3v) is 3.58. The Bertz CT molecular complexity index is 806. The van der Waals surface area contributed by atoms with Crippen molar-refractivity contribution in [2.24, 2.45) is 0 Å². The predicted octanol–water partition coefficient (Wildman–Crippen LogP) is 0.608. The lowest BCUT2D eigenvalue weighted by molar-refractivity contribution is 0.0750. The molecule has 0 spiro atoms. The first-order valence-corrected chi connectivity index (χ1v) is 6.72. The number of aromatic nitrogens is 6. The molecule has 0 fully saturated rings. The molecule has 3 heterocycles. The van der Waals surface area contributed by atoms with Crippen molar-refractivity contribution in [1.82, 2.24) is 35.1 Å². The van der Waals surface area contributed by atoms with Gasteiger partial charge in [0.1, 0.15) is 12.7 Å². The summed E-state index contributed by atoms with van der Waals surface area (Å²) in [5, 5.41) is 11.0. The first-order valence-electron chi connectivity index (χ1n) is 6.72. The van der Waals surface area contributed by atoms with Gasteiger partial charge in [0, 0.05) is 23.9 Å². The molecule has 1 aromatic carbocycles. The van der Waals surface area contributed by atoms with Gasteiger partial charge in [0.25, 0.3) is 5.91 Å². The number of fused-ring (bicyclic) bond motifs is 1. The lowest BCUT2D eigenvalue weighted by Gasteiger charge is -2.15. The molecule has 0 saturated heterocycles. The molecule has 0 unspecified atom stereocenters. The molecule has 0 bridgehead atoms. The molecular formula is C14H11N7O. The zero-order valence-electron chi connectivity index (χ0n) is 11.5. The van der Waals surface area contributed by atoms with Crippen molar-refractivity contribution in [3.63, 3.8) is 0 Å². The Morgan fingerprint density at radius 1 is 1.23 bits per heavy atom. The number of nitrogens with zero attached hydrogens (tertiary/aromatic N) is 7. The Hall–Kier alpha value is -3.16. The smallest absolute Gasteiger partial charge is 0.254 e. The molecule has 108 valence electrons. The van der Waals surface area contributed by atoms with Gasteiger partial charge in [0.2, 0.25) is 0 Å². The van der Waals surface area contributed by atoms with Crippen LogP contribution in [0.3, 0.4) is 0 Å². The summed E-state index contributed by atoms with van der Waals surface area (Å²) in [6.45, 7) is 1.04. The summed E-state index contributed by atoms with van der Waals surface area (Å²) >= 11 is 0. The Labute approximate surface area is 125 Å². The molecule has 8 heteroatoms. The fourth-order valence-electron chi connectivity index (χ4n) is 2.49. The van der Waals surface area contributed by atoms with Crippen molar-refractivity contribution >= 4 is 5.91 Å². The molecule has 0 radical (unpaired) electrons. The second-order valence-electron chi connectivity index (χ2n) is 4.96. The molecule has 1 aliphatic rings. The van der Waals surface area contributed by atoms with Crippen molar-refractivity contribution in [3.8, 4) is 5.69 Å². The third kappa shape index (κ3) is 2.10. The zero-order valence-corrected chi connectivity index (χ0v) is 11.5. The van der Waals surface area contributed by atoms with Crippen molar-refractivity contribution in [1.29, 1.82) is 0 Å². The summed E-state index contributed by atoms with van der Waals surface area (Å²) in [6.07, 6.45) is 4.75. The SMILES string of the molecule is O=C(c1cccc(-n2cnnn2)c1)N1Cc2cncnc2C1. The molecular weight excluding hydrogens is 282 g/mol. The molecule has 0 saturated carbocycles. The summed E-state index contributed by atoms with van der Waals surface area (Å²) < 4.78 is 1.51. The minimum atomic E-state index is -0.0482. The first-order chi connectivity index (χ1) is 10.8. The topological polar surface area (TPSA) is 89.7 Å². The van der Waals surface area contributed by atoms with Crippen molar-refractivity contribution in [3.05, 3.63) is 59.9 Å². The fourth-order valence-corrected chi connectivity index (χ4v) is 2.49. The first kappa shape index (κ1) is 12.6. The van der Waals surface area contributed by atoms with Gasteiger partial charge >= 0.3 is 0 Å². The van der Waals surface area contributed by atoms with E-state index in [4.69, 9.17) is 0 Å². The van der Waals surface area contributed by atoms with Crippen molar-refractivity contribution < 1.29 is 4.79 Å². The van der Waals surface area contributed by atoms with E-state index in [0.29, 0.717) is 18.7 Å². The minimum Gasteiger partial charge on any atom is -0.328 e. The molecule has 3 aromatic rings. The molecule has 0 atom stereocenters. The third-order valence-electron chi connectivity index (χ3n) is 3.58. The minimum absolute atomic E-state index is 0.0482. The van der Waals surface area contributed by atoms with E-state index in [9.17, 15) is 4.79 Å².